The van der Waals surface area contributed by atoms with Gasteiger partial charge in [-0.1, -0.05) is 35.3 Å². The molecule has 0 radical (unpaired) electrons. The first-order valence-corrected chi connectivity index (χ1v) is 9.11. The van der Waals surface area contributed by atoms with Gasteiger partial charge < -0.3 is 14.5 Å². The summed E-state index contributed by atoms with van der Waals surface area (Å²) in [5.41, 5.74) is 2.77. The normalized spacial score (nSPS) is 10.8. The van der Waals surface area contributed by atoms with Crippen LogP contribution >= 0.6 is 23.2 Å². The number of carbonyl (C=O) groups is 1. The molecule has 0 spiro atoms. The maximum atomic E-state index is 12.6. The predicted octanol–water partition coefficient (Wildman–Crippen LogP) is 6.06. The van der Waals surface area contributed by atoms with Crippen LogP contribution in [0.3, 0.4) is 0 Å². The lowest BCUT2D eigenvalue weighted by Crippen LogP contribution is -2.13. The van der Waals surface area contributed by atoms with E-state index in [1.165, 1.54) is 7.11 Å². The van der Waals surface area contributed by atoms with Crippen molar-refractivity contribution in [2.75, 3.05) is 12.4 Å². The molecule has 0 fully saturated rings. The van der Waals surface area contributed by atoms with Crippen LogP contribution in [0, 0.1) is 0 Å². The number of fused-ring (bicyclic) bond motifs is 1. The topological polar surface area (TPSA) is 64.4 Å². The Balaban J connectivity index is 1.67. The van der Waals surface area contributed by atoms with Crippen LogP contribution in [-0.4, -0.2) is 18.0 Å². The lowest BCUT2D eigenvalue weighted by Gasteiger charge is -2.10. The Morgan fingerprint density at radius 3 is 2.71 bits per heavy atom. The molecule has 5 nitrogen and oxygen atoms in total. The molecule has 0 aliphatic rings. The van der Waals surface area contributed by atoms with Crippen molar-refractivity contribution in [1.29, 1.82) is 0 Å². The van der Waals surface area contributed by atoms with Crippen molar-refractivity contribution in [2.45, 2.75) is 0 Å². The number of halogens is 2. The van der Waals surface area contributed by atoms with Gasteiger partial charge in [-0.2, -0.15) is 0 Å². The third-order valence-corrected chi connectivity index (χ3v) is 4.72. The molecule has 7 heteroatoms. The van der Waals surface area contributed by atoms with E-state index in [0.717, 1.165) is 0 Å². The number of benzene rings is 3. The third-order valence-electron chi connectivity index (χ3n) is 4.16. The largest absolute Gasteiger partial charge is 0.496 e. The zero-order valence-corrected chi connectivity index (χ0v) is 16.2. The van der Waals surface area contributed by atoms with Crippen molar-refractivity contribution >= 4 is 45.9 Å². The second-order valence-electron chi connectivity index (χ2n) is 5.98. The monoisotopic (exact) mass is 412 g/mol. The highest BCUT2D eigenvalue weighted by Crippen LogP contribution is 2.33. The number of amides is 1. The molecule has 0 aliphatic carbocycles. The van der Waals surface area contributed by atoms with E-state index in [0.29, 0.717) is 49.6 Å². The highest BCUT2D eigenvalue weighted by molar-refractivity contribution is 6.33. The number of para-hydroxylation sites is 1. The number of hydrogen-bond donors (Lipinski definition) is 1. The Kier molecular flexibility index (Phi) is 4.94. The van der Waals surface area contributed by atoms with Gasteiger partial charge in [0.25, 0.3) is 5.91 Å². The van der Waals surface area contributed by atoms with E-state index in [9.17, 15) is 4.79 Å². The first-order valence-electron chi connectivity index (χ1n) is 8.35. The fourth-order valence-corrected chi connectivity index (χ4v) is 3.18. The first-order chi connectivity index (χ1) is 13.5. The number of oxazole rings is 1. The Bertz CT molecular complexity index is 1190. The minimum atomic E-state index is -0.296. The highest BCUT2D eigenvalue weighted by Gasteiger charge is 2.16. The molecule has 140 valence electrons. The molecule has 1 amide bonds. The number of anilines is 1. The molecule has 1 N–H and O–H groups in total. The Morgan fingerprint density at radius 1 is 1.07 bits per heavy atom. The van der Waals surface area contributed by atoms with Gasteiger partial charge in [-0.25, -0.2) is 4.98 Å². The summed E-state index contributed by atoms with van der Waals surface area (Å²) >= 11 is 12.3. The lowest BCUT2D eigenvalue weighted by molar-refractivity contribution is 0.102. The molecule has 1 heterocycles. The Hall–Kier alpha value is -3.02. The fraction of sp³-hybridized carbons (Fsp3) is 0.0476. The summed E-state index contributed by atoms with van der Waals surface area (Å²) in [7, 11) is 1.52. The Labute approximate surface area is 170 Å². The van der Waals surface area contributed by atoms with Crippen LogP contribution in [0.5, 0.6) is 5.75 Å². The molecule has 28 heavy (non-hydrogen) atoms. The zero-order valence-electron chi connectivity index (χ0n) is 14.7. The molecular formula is C21H14Cl2N2O3. The average molecular weight is 413 g/mol. The van der Waals surface area contributed by atoms with Crippen molar-refractivity contribution in [2.24, 2.45) is 0 Å². The molecule has 0 aliphatic heterocycles. The molecular weight excluding hydrogens is 399 g/mol. The standard InChI is InChI=1S/C21H14Cl2N2O3/c1-27-18-5-3-2-4-14(18)20(26)24-13-7-8-16(23)15(11-13)21-25-17-10-12(22)6-9-19(17)28-21/h2-11H,1H3,(H,24,26). The van der Waals surface area contributed by atoms with E-state index < -0.39 is 0 Å². The van der Waals surface area contributed by atoms with Crippen LogP contribution < -0.4 is 10.1 Å². The van der Waals surface area contributed by atoms with Crippen LogP contribution in [0.25, 0.3) is 22.6 Å². The van der Waals surface area contributed by atoms with Gasteiger partial charge in [-0.3, -0.25) is 4.79 Å². The summed E-state index contributed by atoms with van der Waals surface area (Å²) in [5.74, 6) is 0.538. The minimum absolute atomic E-state index is 0.296. The van der Waals surface area contributed by atoms with E-state index in [1.807, 2.05) is 0 Å². The average Bonchev–Trinajstić information content (AvgIpc) is 3.12. The summed E-state index contributed by atoms with van der Waals surface area (Å²) in [5, 5.41) is 3.86. The van der Waals surface area contributed by atoms with Gasteiger partial charge in [-0.15, -0.1) is 0 Å². The second kappa shape index (κ2) is 7.54. The fourth-order valence-electron chi connectivity index (χ4n) is 2.81. The van der Waals surface area contributed by atoms with Crippen LogP contribution in [0.1, 0.15) is 10.4 Å². The number of nitrogens with zero attached hydrogens (tertiary/aromatic N) is 1. The van der Waals surface area contributed by atoms with Crippen molar-refractivity contribution in [3.05, 3.63) is 76.3 Å². The number of methoxy groups -OCH3 is 1. The van der Waals surface area contributed by atoms with Gasteiger partial charge >= 0.3 is 0 Å². The molecule has 0 unspecified atom stereocenters. The van der Waals surface area contributed by atoms with Gasteiger partial charge in [0.1, 0.15) is 11.3 Å². The highest BCUT2D eigenvalue weighted by atomic mass is 35.5. The quantitative estimate of drug-likeness (QED) is 0.442. The van der Waals surface area contributed by atoms with Crippen molar-refractivity contribution in [3.63, 3.8) is 0 Å². The molecule has 1 aromatic heterocycles. The van der Waals surface area contributed by atoms with Crippen LogP contribution in [0.2, 0.25) is 10.0 Å². The maximum absolute atomic E-state index is 12.6. The maximum Gasteiger partial charge on any atom is 0.259 e. The van der Waals surface area contributed by atoms with E-state index in [-0.39, 0.29) is 5.91 Å². The molecule has 0 bridgehead atoms. The predicted molar refractivity (Wildman–Crippen MR) is 110 cm³/mol. The SMILES string of the molecule is COc1ccccc1C(=O)Nc1ccc(Cl)c(-c2nc3cc(Cl)ccc3o2)c1. The van der Waals surface area contributed by atoms with Crippen LogP contribution in [0.15, 0.2) is 65.1 Å². The second-order valence-corrected chi connectivity index (χ2v) is 6.82. The summed E-state index contributed by atoms with van der Waals surface area (Å²) in [4.78, 5) is 17.1. The zero-order chi connectivity index (χ0) is 19.7. The lowest BCUT2D eigenvalue weighted by atomic mass is 10.1. The number of rotatable bonds is 4. The molecule has 0 saturated heterocycles. The van der Waals surface area contributed by atoms with E-state index in [1.54, 1.807) is 60.7 Å². The molecule has 3 aromatic carbocycles. The van der Waals surface area contributed by atoms with Crippen molar-refractivity contribution in [1.82, 2.24) is 4.98 Å². The summed E-state index contributed by atoms with van der Waals surface area (Å²) in [6.45, 7) is 0. The summed E-state index contributed by atoms with van der Waals surface area (Å²) in [6.07, 6.45) is 0. The van der Waals surface area contributed by atoms with Crippen LogP contribution in [-0.2, 0) is 0 Å². The molecule has 0 saturated carbocycles. The number of carbonyl (C=O) groups excluding carboxylic acids is 1. The van der Waals surface area contributed by atoms with Crippen molar-refractivity contribution < 1.29 is 13.9 Å². The number of aromatic nitrogens is 1. The van der Waals surface area contributed by atoms with Gasteiger partial charge in [-0.05, 0) is 48.5 Å². The van der Waals surface area contributed by atoms with E-state index >= 15 is 0 Å². The van der Waals surface area contributed by atoms with E-state index in [2.05, 4.69) is 10.3 Å². The van der Waals surface area contributed by atoms with Crippen LogP contribution in [0.4, 0.5) is 5.69 Å². The number of hydrogen-bond acceptors (Lipinski definition) is 4. The van der Waals surface area contributed by atoms with Crippen molar-refractivity contribution in [3.8, 4) is 17.2 Å². The Morgan fingerprint density at radius 2 is 1.89 bits per heavy atom. The summed E-state index contributed by atoms with van der Waals surface area (Å²) in [6, 6.07) is 17.3. The molecule has 4 aromatic rings. The van der Waals surface area contributed by atoms with Gasteiger partial charge in [0, 0.05) is 10.7 Å². The summed E-state index contributed by atoms with van der Waals surface area (Å²) < 4.78 is 11.0. The van der Waals surface area contributed by atoms with Gasteiger partial charge in [0.2, 0.25) is 5.89 Å². The van der Waals surface area contributed by atoms with E-state index in [4.69, 9.17) is 32.4 Å². The van der Waals surface area contributed by atoms with Gasteiger partial charge in [0.05, 0.1) is 23.3 Å². The third kappa shape index (κ3) is 3.54. The minimum Gasteiger partial charge on any atom is -0.496 e. The molecule has 4 rings (SSSR count). The molecule has 0 atom stereocenters. The number of ether oxygens (including phenoxy) is 1. The number of nitrogens with one attached hydrogen (secondary N) is 1. The van der Waals surface area contributed by atoms with Gasteiger partial charge in [0.15, 0.2) is 5.58 Å². The first kappa shape index (κ1) is 18.3. The smallest absolute Gasteiger partial charge is 0.259 e.